The molecule has 138 valence electrons. The first kappa shape index (κ1) is 18.4. The second-order valence-corrected chi connectivity index (χ2v) is 7.02. The summed E-state index contributed by atoms with van der Waals surface area (Å²) < 4.78 is 15.8. The topological polar surface area (TPSA) is 103 Å². The highest BCUT2D eigenvalue weighted by Gasteiger charge is 2.21. The maximum Gasteiger partial charge on any atom is 0.336 e. The molecule has 3 rings (SSSR count). The predicted molar refractivity (Wildman–Crippen MR) is 94.6 cm³/mol. The van der Waals surface area contributed by atoms with Crippen molar-refractivity contribution in [1.82, 2.24) is 0 Å². The van der Waals surface area contributed by atoms with E-state index in [0.29, 0.717) is 41.3 Å². The van der Waals surface area contributed by atoms with E-state index in [1.54, 1.807) is 6.07 Å². The summed E-state index contributed by atoms with van der Waals surface area (Å²) in [5.74, 6) is -0.654. The number of phenolic OH excluding ortho intramolecular Hbond substituents is 1. The summed E-state index contributed by atoms with van der Waals surface area (Å²) in [6, 6.07) is 4.19. The zero-order valence-corrected chi connectivity index (χ0v) is 15.4. The monoisotopic (exact) mass is 424 g/mol. The molecular weight excluding hydrogens is 408 g/mol. The van der Waals surface area contributed by atoms with Gasteiger partial charge in [0.15, 0.2) is 0 Å². The lowest BCUT2D eigenvalue weighted by atomic mass is 9.97. The number of hydrogen-bond donors (Lipinski definition) is 1. The van der Waals surface area contributed by atoms with Crippen LogP contribution in [0.2, 0.25) is 0 Å². The van der Waals surface area contributed by atoms with Gasteiger partial charge in [-0.15, -0.1) is 0 Å². The number of ether oxygens (including phenoxy) is 2. The van der Waals surface area contributed by atoms with Gasteiger partial charge >= 0.3 is 17.6 Å². The fraction of sp³-hybridized carbons (Fsp3) is 0.389. The van der Waals surface area contributed by atoms with Gasteiger partial charge in [0.1, 0.15) is 17.9 Å². The van der Waals surface area contributed by atoms with Crippen molar-refractivity contribution in [3.8, 4) is 5.75 Å². The van der Waals surface area contributed by atoms with Crippen molar-refractivity contribution in [3.63, 3.8) is 0 Å². The van der Waals surface area contributed by atoms with Crippen molar-refractivity contribution in [2.45, 2.75) is 32.3 Å². The minimum absolute atomic E-state index is 0.0395. The molecule has 0 bridgehead atoms. The van der Waals surface area contributed by atoms with E-state index in [1.807, 2.05) is 0 Å². The van der Waals surface area contributed by atoms with E-state index in [2.05, 4.69) is 15.9 Å². The number of benzene rings is 1. The van der Waals surface area contributed by atoms with Crippen LogP contribution in [0.3, 0.4) is 0 Å². The third kappa shape index (κ3) is 4.43. The lowest BCUT2D eigenvalue weighted by molar-refractivity contribution is -0.146. The van der Waals surface area contributed by atoms with Crippen molar-refractivity contribution in [2.75, 3.05) is 6.61 Å². The van der Waals surface area contributed by atoms with Gasteiger partial charge in [0.2, 0.25) is 0 Å². The van der Waals surface area contributed by atoms with Crippen LogP contribution >= 0.6 is 15.9 Å². The third-order valence-corrected chi connectivity index (χ3v) is 4.92. The molecular formula is C18H17BrO7. The second kappa shape index (κ2) is 7.90. The largest absolute Gasteiger partial charge is 0.507 e. The van der Waals surface area contributed by atoms with E-state index >= 15 is 0 Å². The molecule has 0 amide bonds. The van der Waals surface area contributed by atoms with Crippen LogP contribution in [0.15, 0.2) is 31.9 Å². The van der Waals surface area contributed by atoms with Crippen LogP contribution in [-0.2, 0) is 25.7 Å². The molecule has 1 fully saturated rings. The molecule has 1 aliphatic rings. The Balaban J connectivity index is 1.69. The fourth-order valence-electron chi connectivity index (χ4n) is 2.89. The lowest BCUT2D eigenvalue weighted by Crippen LogP contribution is -2.13. The minimum atomic E-state index is -0.593. The second-order valence-electron chi connectivity index (χ2n) is 6.17. The Bertz CT molecular complexity index is 902. The average Bonchev–Trinajstić information content (AvgIpc) is 2.79. The summed E-state index contributed by atoms with van der Waals surface area (Å²) in [6.45, 7) is 0.235. The van der Waals surface area contributed by atoms with Crippen LogP contribution in [0.5, 0.6) is 5.75 Å². The highest BCUT2D eigenvalue weighted by atomic mass is 79.9. The van der Waals surface area contributed by atoms with Crippen LogP contribution in [0.25, 0.3) is 11.0 Å². The van der Waals surface area contributed by atoms with Gasteiger partial charge in [-0.25, -0.2) is 4.79 Å². The fourth-order valence-corrected chi connectivity index (χ4v) is 3.23. The van der Waals surface area contributed by atoms with Gasteiger partial charge in [0, 0.05) is 35.9 Å². The number of hydrogen-bond acceptors (Lipinski definition) is 7. The van der Waals surface area contributed by atoms with E-state index in [0.717, 1.165) is 0 Å². The quantitative estimate of drug-likeness (QED) is 0.593. The van der Waals surface area contributed by atoms with E-state index in [9.17, 15) is 19.5 Å². The van der Waals surface area contributed by atoms with Gasteiger partial charge in [0.25, 0.3) is 0 Å². The van der Waals surface area contributed by atoms with Crippen molar-refractivity contribution < 1.29 is 28.6 Å². The molecule has 1 aromatic heterocycles. The van der Waals surface area contributed by atoms with Gasteiger partial charge in [0.05, 0.1) is 11.1 Å². The van der Waals surface area contributed by atoms with Crippen LogP contribution in [0, 0.1) is 5.92 Å². The summed E-state index contributed by atoms with van der Waals surface area (Å²) >= 11 is 3.21. The van der Waals surface area contributed by atoms with Gasteiger partial charge in [-0.2, -0.15) is 0 Å². The number of rotatable bonds is 4. The molecule has 7 nitrogen and oxygen atoms in total. The first-order chi connectivity index (χ1) is 12.4. The van der Waals surface area contributed by atoms with E-state index in [-0.39, 0.29) is 36.2 Å². The smallest absolute Gasteiger partial charge is 0.336 e. The Labute approximate surface area is 157 Å². The van der Waals surface area contributed by atoms with Crippen LogP contribution in [-0.4, -0.2) is 23.7 Å². The number of halogens is 1. The molecule has 1 N–H and O–H groups in total. The number of esters is 2. The molecule has 0 radical (unpaired) electrons. The molecule has 26 heavy (non-hydrogen) atoms. The zero-order valence-electron chi connectivity index (χ0n) is 13.8. The molecule has 8 heteroatoms. The Morgan fingerprint density at radius 2 is 2.08 bits per heavy atom. The molecule has 1 unspecified atom stereocenters. The van der Waals surface area contributed by atoms with Crippen molar-refractivity contribution >= 4 is 38.8 Å². The van der Waals surface area contributed by atoms with Gasteiger partial charge in [-0.3, -0.25) is 9.59 Å². The zero-order chi connectivity index (χ0) is 18.7. The SMILES string of the molecule is O=C1CCC(CC(=O)OCc2cc(=O)oc3cc(O)c(Br)cc23)CCO1. The average molecular weight is 425 g/mol. The number of carbonyl (C=O) groups is 2. The minimum Gasteiger partial charge on any atom is -0.507 e. The lowest BCUT2D eigenvalue weighted by Gasteiger charge is -2.12. The molecule has 1 atom stereocenters. The van der Waals surface area contributed by atoms with E-state index < -0.39 is 11.6 Å². The van der Waals surface area contributed by atoms with Crippen molar-refractivity contribution in [3.05, 3.63) is 38.7 Å². The molecule has 1 aliphatic heterocycles. The molecule has 0 saturated carbocycles. The van der Waals surface area contributed by atoms with Gasteiger partial charge < -0.3 is 19.0 Å². The number of cyclic esters (lactones) is 1. The maximum atomic E-state index is 12.1. The van der Waals surface area contributed by atoms with Crippen molar-refractivity contribution in [2.24, 2.45) is 5.92 Å². The normalized spacial score (nSPS) is 17.6. The molecule has 1 aromatic carbocycles. The predicted octanol–water partition coefficient (Wildman–Crippen LogP) is 3.04. The number of aromatic hydroxyl groups is 1. The molecule has 1 saturated heterocycles. The summed E-state index contributed by atoms with van der Waals surface area (Å²) in [7, 11) is 0. The highest BCUT2D eigenvalue weighted by Crippen LogP contribution is 2.30. The van der Waals surface area contributed by atoms with Crippen LogP contribution < -0.4 is 5.63 Å². The Morgan fingerprint density at radius 3 is 2.88 bits per heavy atom. The number of fused-ring (bicyclic) bond motifs is 1. The van der Waals surface area contributed by atoms with Gasteiger partial charge in [-0.05, 0) is 40.8 Å². The van der Waals surface area contributed by atoms with Gasteiger partial charge in [-0.1, -0.05) is 0 Å². The van der Waals surface area contributed by atoms with E-state index in [4.69, 9.17) is 13.9 Å². The first-order valence-corrected chi connectivity index (χ1v) is 8.98. The van der Waals surface area contributed by atoms with Crippen molar-refractivity contribution in [1.29, 1.82) is 0 Å². The molecule has 0 aliphatic carbocycles. The summed E-state index contributed by atoms with van der Waals surface area (Å²) in [5, 5.41) is 10.3. The number of carbonyl (C=O) groups excluding carboxylic acids is 2. The van der Waals surface area contributed by atoms with E-state index in [1.165, 1.54) is 12.1 Å². The van der Waals surface area contributed by atoms with Crippen LogP contribution in [0.1, 0.15) is 31.2 Å². The number of phenols is 1. The van der Waals surface area contributed by atoms with Crippen LogP contribution in [0.4, 0.5) is 0 Å². The summed E-state index contributed by atoms with van der Waals surface area (Å²) in [5.41, 5.74) is 0.109. The molecule has 2 aromatic rings. The maximum absolute atomic E-state index is 12.1. The molecule has 0 spiro atoms. The Kier molecular flexibility index (Phi) is 5.61. The Morgan fingerprint density at radius 1 is 1.27 bits per heavy atom. The summed E-state index contributed by atoms with van der Waals surface area (Å²) in [6.07, 6.45) is 1.73. The highest BCUT2D eigenvalue weighted by molar-refractivity contribution is 9.10. The molecule has 2 heterocycles. The first-order valence-electron chi connectivity index (χ1n) is 8.19. The standard InChI is InChI=1S/C18H17BrO7/c19-13-7-12-11(6-18(23)26-15(12)8-14(13)20)9-25-17(22)5-10-1-2-16(21)24-4-3-10/h6-8,10,20H,1-5,9H2. The Hall–Kier alpha value is -2.35. The third-order valence-electron chi connectivity index (χ3n) is 4.29. The summed E-state index contributed by atoms with van der Waals surface area (Å²) in [4.78, 5) is 35.0.